The molecular weight excluding hydrogens is 426 g/mol. The molecule has 2 aliphatic heterocycles. The van der Waals surface area contributed by atoms with Crippen molar-refractivity contribution in [2.45, 2.75) is 32.3 Å². The number of ether oxygens (including phenoxy) is 3. The summed E-state index contributed by atoms with van der Waals surface area (Å²) < 4.78 is 16.8. The summed E-state index contributed by atoms with van der Waals surface area (Å²) in [5.41, 5.74) is 4.83. The smallest absolute Gasteiger partial charge is 0.306 e. The van der Waals surface area contributed by atoms with Crippen LogP contribution in [0, 0.1) is 5.92 Å². The summed E-state index contributed by atoms with van der Waals surface area (Å²) in [6.45, 7) is 5.68. The Kier molecular flexibility index (Phi) is 6.70. The summed E-state index contributed by atoms with van der Waals surface area (Å²) in [5, 5.41) is 0. The van der Waals surface area contributed by atoms with Gasteiger partial charge in [0.2, 0.25) is 0 Å². The van der Waals surface area contributed by atoms with Crippen molar-refractivity contribution in [3.63, 3.8) is 0 Å². The van der Waals surface area contributed by atoms with Gasteiger partial charge in [0.05, 0.1) is 0 Å². The van der Waals surface area contributed by atoms with Crippen LogP contribution in [0.3, 0.4) is 0 Å². The summed E-state index contributed by atoms with van der Waals surface area (Å²) >= 11 is 0. The Morgan fingerprint density at radius 1 is 0.941 bits per heavy atom. The van der Waals surface area contributed by atoms with Crippen molar-refractivity contribution in [3.8, 4) is 11.5 Å². The van der Waals surface area contributed by atoms with Crippen LogP contribution in [0.15, 0.2) is 72.8 Å². The fourth-order valence-corrected chi connectivity index (χ4v) is 4.61. The molecule has 0 aliphatic carbocycles. The number of rotatable bonds is 8. The highest BCUT2D eigenvalue weighted by molar-refractivity contribution is 5.69. The Morgan fingerprint density at radius 3 is 2.44 bits per heavy atom. The maximum Gasteiger partial charge on any atom is 0.306 e. The van der Waals surface area contributed by atoms with E-state index in [-0.39, 0.29) is 11.9 Å². The first kappa shape index (κ1) is 22.3. The third-order valence-corrected chi connectivity index (χ3v) is 6.57. The molecule has 1 atom stereocenters. The number of esters is 1. The standard InChI is InChI=1S/C29H31NO4/c1-21(16-29(31)34-20-23-5-3-2-4-6-23)15-22-7-9-24(10-8-22)25-18-30(19-25)26-11-12-27-28(17-26)33-14-13-32-27/h2-12,17,21,25H,13-16,18-20H2,1H3. The van der Waals surface area contributed by atoms with Crippen LogP contribution in [0.1, 0.15) is 36.0 Å². The van der Waals surface area contributed by atoms with Crippen LogP contribution >= 0.6 is 0 Å². The largest absolute Gasteiger partial charge is 0.486 e. The lowest BCUT2D eigenvalue weighted by molar-refractivity contribution is -0.145. The highest BCUT2D eigenvalue weighted by atomic mass is 16.6. The second-order valence-electron chi connectivity index (χ2n) is 9.33. The number of carbonyl (C=O) groups is 1. The van der Waals surface area contributed by atoms with E-state index in [0.29, 0.717) is 32.2 Å². The monoisotopic (exact) mass is 457 g/mol. The first-order valence-corrected chi connectivity index (χ1v) is 12.1. The molecule has 0 radical (unpaired) electrons. The fourth-order valence-electron chi connectivity index (χ4n) is 4.61. The summed E-state index contributed by atoms with van der Waals surface area (Å²) in [7, 11) is 0. The molecule has 0 bridgehead atoms. The van der Waals surface area contributed by atoms with Gasteiger partial charge in [-0.25, -0.2) is 0 Å². The molecule has 176 valence electrons. The van der Waals surface area contributed by atoms with Crippen LogP contribution < -0.4 is 14.4 Å². The van der Waals surface area contributed by atoms with Gasteiger partial charge in [-0.3, -0.25) is 4.79 Å². The average Bonchev–Trinajstić information content (AvgIpc) is 2.83. The summed E-state index contributed by atoms with van der Waals surface area (Å²) in [5.74, 6) is 2.31. The zero-order chi connectivity index (χ0) is 23.3. The number of fused-ring (bicyclic) bond motifs is 1. The number of nitrogens with zero attached hydrogens (tertiary/aromatic N) is 1. The van der Waals surface area contributed by atoms with Crippen molar-refractivity contribution in [2.24, 2.45) is 5.92 Å². The Hall–Kier alpha value is -3.47. The Morgan fingerprint density at radius 2 is 1.68 bits per heavy atom. The molecule has 2 heterocycles. The zero-order valence-corrected chi connectivity index (χ0v) is 19.6. The second kappa shape index (κ2) is 10.2. The fraction of sp³-hybridized carbons (Fsp3) is 0.345. The van der Waals surface area contributed by atoms with E-state index in [1.807, 2.05) is 36.4 Å². The maximum atomic E-state index is 12.2. The first-order valence-electron chi connectivity index (χ1n) is 12.1. The van der Waals surface area contributed by atoms with Gasteiger partial charge < -0.3 is 19.1 Å². The lowest BCUT2D eigenvalue weighted by Crippen LogP contribution is -2.45. The van der Waals surface area contributed by atoms with Crippen molar-refractivity contribution < 1.29 is 19.0 Å². The summed E-state index contributed by atoms with van der Waals surface area (Å²) in [4.78, 5) is 14.6. The van der Waals surface area contributed by atoms with Crippen LogP contribution in [-0.4, -0.2) is 32.3 Å². The molecule has 2 aliphatic rings. The van der Waals surface area contributed by atoms with Crippen molar-refractivity contribution in [3.05, 3.63) is 89.5 Å². The quantitative estimate of drug-likeness (QED) is 0.426. The van der Waals surface area contributed by atoms with Gasteiger partial charge in [0.25, 0.3) is 0 Å². The molecule has 0 saturated carbocycles. The van der Waals surface area contributed by atoms with E-state index >= 15 is 0 Å². The molecule has 5 rings (SSSR count). The molecule has 3 aromatic carbocycles. The highest BCUT2D eigenvalue weighted by Crippen LogP contribution is 2.38. The molecule has 5 nitrogen and oxygen atoms in total. The van der Waals surface area contributed by atoms with Crippen LogP contribution in [0.4, 0.5) is 5.69 Å². The lowest BCUT2D eigenvalue weighted by atomic mass is 9.89. The van der Waals surface area contributed by atoms with E-state index in [1.165, 1.54) is 16.8 Å². The zero-order valence-electron chi connectivity index (χ0n) is 19.6. The molecule has 3 aromatic rings. The molecule has 0 amide bonds. The minimum Gasteiger partial charge on any atom is -0.486 e. The van der Waals surface area contributed by atoms with Crippen LogP contribution in [-0.2, 0) is 22.6 Å². The van der Waals surface area contributed by atoms with Crippen LogP contribution in [0.2, 0.25) is 0 Å². The van der Waals surface area contributed by atoms with Gasteiger partial charge in [0, 0.05) is 37.2 Å². The number of carbonyl (C=O) groups excluding carboxylic acids is 1. The lowest BCUT2D eigenvalue weighted by Gasteiger charge is -2.41. The van der Waals surface area contributed by atoms with Gasteiger partial charge >= 0.3 is 5.97 Å². The van der Waals surface area contributed by atoms with Gasteiger partial charge in [-0.2, -0.15) is 0 Å². The van der Waals surface area contributed by atoms with Crippen LogP contribution in [0.25, 0.3) is 0 Å². The molecule has 0 spiro atoms. The van der Waals surface area contributed by atoms with E-state index in [9.17, 15) is 4.79 Å². The predicted molar refractivity (Wildman–Crippen MR) is 133 cm³/mol. The Labute approximate surface area is 201 Å². The van der Waals surface area contributed by atoms with E-state index < -0.39 is 0 Å². The van der Waals surface area contributed by atoms with E-state index in [0.717, 1.165) is 36.6 Å². The Bertz CT molecular complexity index is 1110. The van der Waals surface area contributed by atoms with Crippen molar-refractivity contribution in [1.29, 1.82) is 0 Å². The second-order valence-corrected chi connectivity index (χ2v) is 9.33. The molecule has 1 fully saturated rings. The maximum absolute atomic E-state index is 12.2. The van der Waals surface area contributed by atoms with Gasteiger partial charge in [0.15, 0.2) is 11.5 Å². The number of hydrogen-bond acceptors (Lipinski definition) is 5. The van der Waals surface area contributed by atoms with Gasteiger partial charge in [-0.1, -0.05) is 61.5 Å². The predicted octanol–water partition coefficient (Wildman–Crippen LogP) is 5.37. The summed E-state index contributed by atoms with van der Waals surface area (Å²) in [6, 6.07) is 24.9. The molecule has 34 heavy (non-hydrogen) atoms. The first-order chi connectivity index (χ1) is 16.6. The van der Waals surface area contributed by atoms with E-state index in [2.05, 4.69) is 48.2 Å². The SMILES string of the molecule is CC(CC(=O)OCc1ccccc1)Cc1ccc(C2CN(c3ccc4c(c3)OCCO4)C2)cc1. The third-order valence-electron chi connectivity index (χ3n) is 6.57. The average molecular weight is 458 g/mol. The number of anilines is 1. The van der Waals surface area contributed by atoms with Gasteiger partial charge in [-0.05, 0) is 41.2 Å². The molecular formula is C29H31NO4. The molecule has 0 aromatic heterocycles. The molecule has 5 heteroatoms. The van der Waals surface area contributed by atoms with Gasteiger partial charge in [0.1, 0.15) is 19.8 Å². The van der Waals surface area contributed by atoms with Crippen molar-refractivity contribution in [2.75, 3.05) is 31.2 Å². The number of benzene rings is 3. The normalized spacial score (nSPS) is 16.0. The minimum absolute atomic E-state index is 0.137. The van der Waals surface area contributed by atoms with E-state index in [4.69, 9.17) is 14.2 Å². The number of hydrogen-bond donors (Lipinski definition) is 0. The van der Waals surface area contributed by atoms with Crippen molar-refractivity contribution in [1.82, 2.24) is 0 Å². The van der Waals surface area contributed by atoms with Crippen LogP contribution in [0.5, 0.6) is 11.5 Å². The molecule has 0 N–H and O–H groups in total. The minimum atomic E-state index is -0.137. The topological polar surface area (TPSA) is 48.0 Å². The van der Waals surface area contributed by atoms with Crippen molar-refractivity contribution >= 4 is 11.7 Å². The third kappa shape index (κ3) is 5.36. The molecule has 1 unspecified atom stereocenters. The Balaban J connectivity index is 1.07. The van der Waals surface area contributed by atoms with Gasteiger partial charge in [-0.15, -0.1) is 0 Å². The summed E-state index contributed by atoms with van der Waals surface area (Å²) in [6.07, 6.45) is 1.30. The highest BCUT2D eigenvalue weighted by Gasteiger charge is 2.29. The molecule has 1 saturated heterocycles. The van der Waals surface area contributed by atoms with E-state index in [1.54, 1.807) is 0 Å².